The number of para-hydroxylation sites is 1. The zero-order chi connectivity index (χ0) is 19.9. The summed E-state index contributed by atoms with van der Waals surface area (Å²) in [5, 5.41) is 2.71. The molecule has 2 N–H and O–H groups in total. The first kappa shape index (κ1) is 18.2. The van der Waals surface area contributed by atoms with Gasteiger partial charge in [-0.25, -0.2) is 22.8 Å². The summed E-state index contributed by atoms with van der Waals surface area (Å²) < 4.78 is 27.7. The number of hydrogen-bond donors (Lipinski definition) is 2. The molecular weight excluding hydrogens is 378 g/mol. The molecule has 0 bridgehead atoms. The molecule has 3 amide bonds. The SMILES string of the molecule is C#Cc1cccc(S(=O)(=O)NC2CC3(C2)NC(=O)N(c2ccccc2)C3=O)c1. The first-order valence-electron chi connectivity index (χ1n) is 8.65. The second-order valence-corrected chi connectivity index (χ2v) is 8.60. The van der Waals surface area contributed by atoms with Crippen LogP contribution in [0.3, 0.4) is 0 Å². The van der Waals surface area contributed by atoms with E-state index in [1.807, 2.05) is 0 Å². The quantitative estimate of drug-likeness (QED) is 0.607. The molecule has 1 heterocycles. The van der Waals surface area contributed by atoms with Crippen LogP contribution in [0.15, 0.2) is 59.5 Å². The van der Waals surface area contributed by atoms with Crippen LogP contribution in [0.25, 0.3) is 0 Å². The number of terminal acetylenes is 1. The fourth-order valence-electron chi connectivity index (χ4n) is 3.61. The maximum atomic E-state index is 12.8. The van der Waals surface area contributed by atoms with E-state index in [4.69, 9.17) is 6.42 Å². The number of nitrogens with one attached hydrogen (secondary N) is 2. The van der Waals surface area contributed by atoms with Gasteiger partial charge in [-0.15, -0.1) is 6.42 Å². The Kier molecular flexibility index (Phi) is 4.22. The van der Waals surface area contributed by atoms with E-state index in [9.17, 15) is 18.0 Å². The number of rotatable bonds is 4. The van der Waals surface area contributed by atoms with E-state index < -0.39 is 27.6 Å². The van der Waals surface area contributed by atoms with Gasteiger partial charge in [-0.05, 0) is 43.2 Å². The standard InChI is InChI=1S/C20H17N3O4S/c1-2-14-7-6-10-17(11-14)28(26,27)22-15-12-20(13-15)18(24)23(19(25)21-20)16-8-4-3-5-9-16/h1,3-11,15,22H,12-13H2,(H,21,25). The minimum absolute atomic E-state index is 0.0663. The summed E-state index contributed by atoms with van der Waals surface area (Å²) in [6.45, 7) is 0. The first-order valence-corrected chi connectivity index (χ1v) is 10.1. The topological polar surface area (TPSA) is 95.6 Å². The predicted octanol–water partition coefficient (Wildman–Crippen LogP) is 1.60. The number of sulfonamides is 1. The molecule has 2 fully saturated rings. The normalized spacial score (nSPS) is 24.0. The number of imide groups is 1. The van der Waals surface area contributed by atoms with Crippen LogP contribution < -0.4 is 14.9 Å². The number of carbonyl (C=O) groups excluding carboxylic acids is 2. The fourth-order valence-corrected chi connectivity index (χ4v) is 4.90. The van der Waals surface area contributed by atoms with Crippen LogP contribution in [0.2, 0.25) is 0 Å². The lowest BCUT2D eigenvalue weighted by molar-refractivity contribution is -0.125. The zero-order valence-corrected chi connectivity index (χ0v) is 15.6. The molecule has 142 valence electrons. The Hall–Kier alpha value is -3.15. The fraction of sp³-hybridized carbons (Fsp3) is 0.200. The van der Waals surface area contributed by atoms with Crippen molar-refractivity contribution in [3.05, 3.63) is 60.2 Å². The van der Waals surface area contributed by atoms with E-state index >= 15 is 0 Å². The highest BCUT2D eigenvalue weighted by Gasteiger charge is 2.59. The van der Waals surface area contributed by atoms with Crippen LogP contribution in [0.5, 0.6) is 0 Å². The van der Waals surface area contributed by atoms with Crippen molar-refractivity contribution < 1.29 is 18.0 Å². The molecule has 0 radical (unpaired) electrons. The summed E-state index contributed by atoms with van der Waals surface area (Å²) in [5.41, 5.74) is -0.123. The predicted molar refractivity (Wildman–Crippen MR) is 103 cm³/mol. The van der Waals surface area contributed by atoms with Gasteiger partial charge in [0.25, 0.3) is 5.91 Å². The van der Waals surface area contributed by atoms with Crippen LogP contribution in [0.4, 0.5) is 10.5 Å². The number of anilines is 1. The summed E-state index contributed by atoms with van der Waals surface area (Å²) in [6.07, 6.45) is 5.70. The molecule has 1 aliphatic heterocycles. The average molecular weight is 395 g/mol. The van der Waals surface area contributed by atoms with E-state index in [2.05, 4.69) is 16.0 Å². The van der Waals surface area contributed by atoms with E-state index in [-0.39, 0.29) is 23.6 Å². The van der Waals surface area contributed by atoms with Gasteiger partial charge in [0.1, 0.15) is 5.54 Å². The van der Waals surface area contributed by atoms with Gasteiger partial charge in [-0.3, -0.25) is 4.79 Å². The second kappa shape index (κ2) is 6.48. The summed E-state index contributed by atoms with van der Waals surface area (Å²) in [5.74, 6) is 2.03. The number of nitrogens with zero attached hydrogens (tertiary/aromatic N) is 1. The lowest BCUT2D eigenvalue weighted by Crippen LogP contribution is -2.63. The van der Waals surface area contributed by atoms with E-state index in [1.54, 1.807) is 42.5 Å². The molecule has 1 saturated carbocycles. The number of amides is 3. The molecule has 2 aromatic carbocycles. The molecule has 2 aliphatic rings. The molecule has 0 atom stereocenters. The minimum atomic E-state index is -3.78. The van der Waals surface area contributed by atoms with Crippen molar-refractivity contribution in [3.8, 4) is 12.3 Å². The van der Waals surface area contributed by atoms with Gasteiger partial charge in [0, 0.05) is 11.6 Å². The maximum absolute atomic E-state index is 12.8. The van der Waals surface area contributed by atoms with Crippen molar-refractivity contribution >= 4 is 27.6 Å². The van der Waals surface area contributed by atoms with Crippen molar-refractivity contribution in [2.45, 2.75) is 29.3 Å². The molecule has 7 nitrogen and oxygen atoms in total. The molecule has 1 saturated heterocycles. The summed E-state index contributed by atoms with van der Waals surface area (Å²) >= 11 is 0. The van der Waals surface area contributed by atoms with Crippen LogP contribution in [0, 0.1) is 12.3 Å². The van der Waals surface area contributed by atoms with Crippen molar-refractivity contribution in [2.75, 3.05) is 4.90 Å². The highest BCUT2D eigenvalue weighted by molar-refractivity contribution is 7.89. The highest BCUT2D eigenvalue weighted by atomic mass is 32.2. The zero-order valence-electron chi connectivity index (χ0n) is 14.8. The van der Waals surface area contributed by atoms with Gasteiger partial charge in [0.05, 0.1) is 10.6 Å². The third-order valence-corrected chi connectivity index (χ3v) is 6.52. The van der Waals surface area contributed by atoms with E-state index in [1.165, 1.54) is 12.1 Å². The van der Waals surface area contributed by atoms with Crippen molar-refractivity contribution in [2.24, 2.45) is 0 Å². The number of carbonyl (C=O) groups is 2. The monoisotopic (exact) mass is 395 g/mol. The van der Waals surface area contributed by atoms with Gasteiger partial charge in [0.2, 0.25) is 10.0 Å². The molecule has 28 heavy (non-hydrogen) atoms. The Bertz CT molecular complexity index is 1100. The van der Waals surface area contributed by atoms with Crippen molar-refractivity contribution in [1.29, 1.82) is 0 Å². The Morgan fingerprint density at radius 3 is 2.50 bits per heavy atom. The van der Waals surface area contributed by atoms with Gasteiger partial charge in [-0.2, -0.15) is 0 Å². The molecule has 8 heteroatoms. The Morgan fingerprint density at radius 2 is 1.82 bits per heavy atom. The smallest absolute Gasteiger partial charge is 0.323 e. The van der Waals surface area contributed by atoms with Crippen LogP contribution >= 0.6 is 0 Å². The lowest BCUT2D eigenvalue weighted by atomic mass is 9.73. The van der Waals surface area contributed by atoms with Crippen LogP contribution in [-0.2, 0) is 14.8 Å². The Balaban J connectivity index is 1.48. The van der Waals surface area contributed by atoms with Crippen molar-refractivity contribution in [1.82, 2.24) is 10.0 Å². The summed E-state index contributed by atoms with van der Waals surface area (Å²) in [6, 6.07) is 13.7. The van der Waals surface area contributed by atoms with E-state index in [0.717, 1.165) is 4.90 Å². The number of urea groups is 1. The van der Waals surface area contributed by atoms with Gasteiger partial charge >= 0.3 is 6.03 Å². The number of hydrogen-bond acceptors (Lipinski definition) is 4. The highest BCUT2D eigenvalue weighted by Crippen LogP contribution is 2.39. The maximum Gasteiger partial charge on any atom is 0.329 e. The van der Waals surface area contributed by atoms with E-state index in [0.29, 0.717) is 11.3 Å². The number of benzene rings is 2. The molecule has 1 aliphatic carbocycles. The van der Waals surface area contributed by atoms with Crippen LogP contribution in [-0.4, -0.2) is 31.9 Å². The summed E-state index contributed by atoms with van der Waals surface area (Å²) in [7, 11) is -3.78. The molecule has 0 unspecified atom stereocenters. The van der Waals surface area contributed by atoms with Crippen LogP contribution in [0.1, 0.15) is 18.4 Å². The molecule has 0 aromatic heterocycles. The summed E-state index contributed by atoms with van der Waals surface area (Å²) in [4.78, 5) is 26.3. The van der Waals surface area contributed by atoms with Gasteiger partial charge in [-0.1, -0.05) is 30.2 Å². The largest absolute Gasteiger partial charge is 0.329 e. The molecular formula is C20H17N3O4S. The average Bonchev–Trinajstić information content (AvgIpc) is 2.92. The first-order chi connectivity index (χ1) is 13.3. The Labute approximate surface area is 162 Å². The molecule has 1 spiro atoms. The Morgan fingerprint density at radius 1 is 1.11 bits per heavy atom. The minimum Gasteiger partial charge on any atom is -0.323 e. The van der Waals surface area contributed by atoms with Crippen molar-refractivity contribution in [3.63, 3.8) is 0 Å². The lowest BCUT2D eigenvalue weighted by Gasteiger charge is -2.42. The third kappa shape index (κ3) is 2.95. The second-order valence-electron chi connectivity index (χ2n) is 6.89. The third-order valence-electron chi connectivity index (χ3n) is 5.00. The molecule has 4 rings (SSSR count). The van der Waals surface area contributed by atoms with Gasteiger partial charge in [0.15, 0.2) is 0 Å². The molecule has 2 aromatic rings. The van der Waals surface area contributed by atoms with Gasteiger partial charge < -0.3 is 5.32 Å².